The minimum Gasteiger partial charge on any atom is -0.378 e. The molecule has 1 fully saturated rings. The molecular formula is C15H19Cl2NO4. The second-order valence-corrected chi connectivity index (χ2v) is 5.95. The van der Waals surface area contributed by atoms with Gasteiger partial charge in [0, 0.05) is 31.7 Å². The van der Waals surface area contributed by atoms with Crippen molar-refractivity contribution in [3.63, 3.8) is 0 Å². The highest BCUT2D eigenvalue weighted by Crippen LogP contribution is 2.22. The highest BCUT2D eigenvalue weighted by atomic mass is 35.5. The predicted molar refractivity (Wildman–Crippen MR) is 84.7 cm³/mol. The molecule has 1 N–H and O–H groups in total. The second kappa shape index (κ2) is 8.13. The van der Waals surface area contributed by atoms with Crippen molar-refractivity contribution in [3.8, 4) is 0 Å². The van der Waals surface area contributed by atoms with Crippen molar-refractivity contribution in [2.24, 2.45) is 5.92 Å². The van der Waals surface area contributed by atoms with Gasteiger partial charge >= 0.3 is 0 Å². The average molecular weight is 348 g/mol. The number of nitrogens with one attached hydrogen (secondary N) is 1. The molecule has 1 aliphatic heterocycles. The molecule has 0 radical (unpaired) electrons. The van der Waals surface area contributed by atoms with Crippen LogP contribution in [0.25, 0.3) is 0 Å². The van der Waals surface area contributed by atoms with E-state index in [-0.39, 0.29) is 24.0 Å². The number of halogens is 2. The molecule has 1 heterocycles. The summed E-state index contributed by atoms with van der Waals surface area (Å²) in [5.74, 6) is -0.241. The van der Waals surface area contributed by atoms with Crippen molar-refractivity contribution >= 4 is 29.1 Å². The van der Waals surface area contributed by atoms with Crippen LogP contribution in [-0.2, 0) is 14.2 Å². The van der Waals surface area contributed by atoms with Gasteiger partial charge < -0.3 is 19.5 Å². The summed E-state index contributed by atoms with van der Waals surface area (Å²) in [5.41, 5.74) is 0.389. The van der Waals surface area contributed by atoms with Crippen LogP contribution in [0, 0.1) is 5.92 Å². The van der Waals surface area contributed by atoms with E-state index >= 15 is 0 Å². The molecule has 1 aromatic rings. The Bertz CT molecular complexity index is 526. The van der Waals surface area contributed by atoms with Crippen LogP contribution in [0.3, 0.4) is 0 Å². The van der Waals surface area contributed by atoms with Gasteiger partial charge in [-0.2, -0.15) is 0 Å². The SMILES string of the molecule is CO[C@H]1[C@H](CNC(=O)c2ccc(Cl)cc2Cl)COC[C@H]1OC. The van der Waals surface area contributed by atoms with Gasteiger partial charge in [0.15, 0.2) is 0 Å². The molecule has 7 heteroatoms. The monoisotopic (exact) mass is 347 g/mol. The maximum atomic E-state index is 12.2. The molecule has 5 nitrogen and oxygen atoms in total. The Morgan fingerprint density at radius 1 is 1.32 bits per heavy atom. The lowest BCUT2D eigenvalue weighted by Crippen LogP contribution is -2.50. The number of rotatable bonds is 5. The Kier molecular flexibility index (Phi) is 6.47. The Labute approximate surface area is 139 Å². The topological polar surface area (TPSA) is 56.8 Å². The van der Waals surface area contributed by atoms with Crippen LogP contribution in [-0.4, -0.2) is 52.1 Å². The van der Waals surface area contributed by atoms with Gasteiger partial charge in [-0.25, -0.2) is 0 Å². The minimum atomic E-state index is -0.254. The number of ether oxygens (including phenoxy) is 3. The van der Waals surface area contributed by atoms with Gasteiger partial charge in [0.1, 0.15) is 6.10 Å². The van der Waals surface area contributed by atoms with Gasteiger partial charge in [0.2, 0.25) is 0 Å². The summed E-state index contributed by atoms with van der Waals surface area (Å²) in [6, 6.07) is 4.77. The Morgan fingerprint density at radius 2 is 2.09 bits per heavy atom. The van der Waals surface area contributed by atoms with Crippen molar-refractivity contribution in [2.75, 3.05) is 34.0 Å². The summed E-state index contributed by atoms with van der Waals surface area (Å²) >= 11 is 11.9. The fourth-order valence-corrected chi connectivity index (χ4v) is 3.04. The van der Waals surface area contributed by atoms with Crippen LogP contribution in [0.4, 0.5) is 0 Å². The first-order valence-electron chi connectivity index (χ1n) is 6.93. The van der Waals surface area contributed by atoms with Gasteiger partial charge in [-0.3, -0.25) is 4.79 Å². The van der Waals surface area contributed by atoms with Crippen LogP contribution in [0.1, 0.15) is 10.4 Å². The average Bonchev–Trinajstić information content (AvgIpc) is 2.51. The maximum absolute atomic E-state index is 12.2. The third-order valence-electron chi connectivity index (χ3n) is 3.72. The zero-order chi connectivity index (χ0) is 16.1. The van der Waals surface area contributed by atoms with E-state index in [1.807, 2.05) is 0 Å². The van der Waals surface area contributed by atoms with E-state index in [1.165, 1.54) is 0 Å². The molecule has 0 bridgehead atoms. The first-order chi connectivity index (χ1) is 10.6. The lowest BCUT2D eigenvalue weighted by atomic mass is 9.96. The van der Waals surface area contributed by atoms with E-state index in [0.29, 0.717) is 35.4 Å². The van der Waals surface area contributed by atoms with E-state index in [9.17, 15) is 4.79 Å². The molecule has 3 atom stereocenters. The zero-order valence-corrected chi connectivity index (χ0v) is 14.0. The van der Waals surface area contributed by atoms with Gasteiger partial charge in [0.25, 0.3) is 5.91 Å². The normalized spacial score (nSPS) is 25.0. The smallest absolute Gasteiger partial charge is 0.252 e. The number of methoxy groups -OCH3 is 2. The van der Waals surface area contributed by atoms with Crippen molar-refractivity contribution < 1.29 is 19.0 Å². The molecule has 0 unspecified atom stereocenters. The van der Waals surface area contributed by atoms with Crippen molar-refractivity contribution in [2.45, 2.75) is 12.2 Å². The van der Waals surface area contributed by atoms with E-state index < -0.39 is 0 Å². The van der Waals surface area contributed by atoms with Crippen LogP contribution >= 0.6 is 23.2 Å². The second-order valence-electron chi connectivity index (χ2n) is 5.11. The van der Waals surface area contributed by atoms with Crippen molar-refractivity contribution in [1.82, 2.24) is 5.32 Å². The van der Waals surface area contributed by atoms with E-state index in [4.69, 9.17) is 37.4 Å². The van der Waals surface area contributed by atoms with Gasteiger partial charge in [0.05, 0.1) is 29.9 Å². The van der Waals surface area contributed by atoms with Crippen LogP contribution in [0.2, 0.25) is 10.0 Å². The largest absolute Gasteiger partial charge is 0.378 e. The summed E-state index contributed by atoms with van der Waals surface area (Å²) in [5, 5.41) is 3.67. The Hall–Kier alpha value is -0.850. The number of hydrogen-bond acceptors (Lipinski definition) is 4. The van der Waals surface area contributed by atoms with Crippen LogP contribution in [0.5, 0.6) is 0 Å². The fourth-order valence-electron chi connectivity index (χ4n) is 2.54. The number of benzene rings is 1. The summed E-state index contributed by atoms with van der Waals surface area (Å²) in [4.78, 5) is 12.2. The first kappa shape index (κ1) is 17.5. The van der Waals surface area contributed by atoms with E-state index in [0.717, 1.165) is 0 Å². The predicted octanol–water partition coefficient (Wildman–Crippen LogP) is 2.40. The molecule has 0 saturated carbocycles. The quantitative estimate of drug-likeness (QED) is 0.888. The highest BCUT2D eigenvalue weighted by molar-refractivity contribution is 6.36. The van der Waals surface area contributed by atoms with Gasteiger partial charge in [-0.05, 0) is 18.2 Å². The molecule has 1 amide bonds. The molecule has 122 valence electrons. The summed E-state index contributed by atoms with van der Waals surface area (Å²) in [7, 11) is 3.25. The first-order valence-corrected chi connectivity index (χ1v) is 7.69. The molecule has 1 aromatic carbocycles. The summed E-state index contributed by atoms with van der Waals surface area (Å²) in [6.07, 6.45) is -0.264. The molecular weight excluding hydrogens is 329 g/mol. The third-order valence-corrected chi connectivity index (χ3v) is 4.27. The Morgan fingerprint density at radius 3 is 2.73 bits per heavy atom. The number of carbonyl (C=O) groups is 1. The standard InChI is InChI=1S/C15H19Cl2NO4/c1-20-13-8-22-7-9(14(13)21-2)6-18-15(19)11-4-3-10(16)5-12(11)17/h3-5,9,13-14H,6-8H2,1-2H3,(H,18,19)/t9-,13-,14+/m1/s1. The van der Waals surface area contributed by atoms with Crippen LogP contribution in [0.15, 0.2) is 18.2 Å². The molecule has 0 spiro atoms. The number of carbonyl (C=O) groups excluding carboxylic acids is 1. The third kappa shape index (κ3) is 4.12. The molecule has 0 aromatic heterocycles. The minimum absolute atomic E-state index is 0.0127. The lowest BCUT2D eigenvalue weighted by Gasteiger charge is -2.36. The van der Waals surface area contributed by atoms with Gasteiger partial charge in [-0.15, -0.1) is 0 Å². The summed E-state index contributed by atoms with van der Waals surface area (Å²) < 4.78 is 16.3. The Balaban J connectivity index is 1.97. The molecule has 22 heavy (non-hydrogen) atoms. The van der Waals surface area contributed by atoms with Gasteiger partial charge in [-0.1, -0.05) is 23.2 Å². The van der Waals surface area contributed by atoms with E-state index in [1.54, 1.807) is 32.4 Å². The number of hydrogen-bond donors (Lipinski definition) is 1. The fraction of sp³-hybridized carbons (Fsp3) is 0.533. The molecule has 2 rings (SSSR count). The molecule has 1 saturated heterocycles. The maximum Gasteiger partial charge on any atom is 0.252 e. The number of amides is 1. The van der Waals surface area contributed by atoms with E-state index in [2.05, 4.69) is 5.32 Å². The lowest BCUT2D eigenvalue weighted by molar-refractivity contribution is -0.145. The molecule has 1 aliphatic rings. The van der Waals surface area contributed by atoms with Crippen molar-refractivity contribution in [3.05, 3.63) is 33.8 Å². The van der Waals surface area contributed by atoms with Crippen molar-refractivity contribution in [1.29, 1.82) is 0 Å². The molecule has 0 aliphatic carbocycles. The summed E-state index contributed by atoms with van der Waals surface area (Å²) in [6.45, 7) is 1.41. The highest BCUT2D eigenvalue weighted by Gasteiger charge is 2.34. The van der Waals surface area contributed by atoms with Crippen LogP contribution < -0.4 is 5.32 Å². The zero-order valence-electron chi connectivity index (χ0n) is 12.5.